The van der Waals surface area contributed by atoms with Gasteiger partial charge >= 0.3 is 0 Å². The largest absolute Gasteiger partial charge is 0.508 e. The summed E-state index contributed by atoms with van der Waals surface area (Å²) in [5.41, 5.74) is 4.56. The van der Waals surface area contributed by atoms with Crippen molar-refractivity contribution in [2.75, 3.05) is 19.9 Å². The molecule has 29 heavy (non-hydrogen) atoms. The fourth-order valence-corrected chi connectivity index (χ4v) is 6.72. The van der Waals surface area contributed by atoms with E-state index in [9.17, 15) is 5.11 Å². The summed E-state index contributed by atoms with van der Waals surface area (Å²) >= 11 is 0. The third kappa shape index (κ3) is 2.76. The Balaban J connectivity index is 1.26. The molecule has 2 aliphatic heterocycles. The summed E-state index contributed by atoms with van der Waals surface area (Å²) in [6.45, 7) is 2.61. The van der Waals surface area contributed by atoms with E-state index in [2.05, 4.69) is 29.2 Å². The van der Waals surface area contributed by atoms with Crippen LogP contribution >= 0.6 is 0 Å². The molecule has 152 valence electrons. The average Bonchev–Trinajstić information content (AvgIpc) is 3.21. The molecule has 2 heterocycles. The minimum Gasteiger partial charge on any atom is -0.508 e. The van der Waals surface area contributed by atoms with Crippen molar-refractivity contribution in [2.24, 2.45) is 5.92 Å². The van der Waals surface area contributed by atoms with Gasteiger partial charge in [0.25, 0.3) is 0 Å². The monoisotopic (exact) mass is 391 g/mol. The van der Waals surface area contributed by atoms with Crippen LogP contribution < -0.4 is 9.47 Å². The topological polar surface area (TPSA) is 41.9 Å². The first kappa shape index (κ1) is 17.6. The maximum atomic E-state index is 10.2. The molecule has 1 saturated heterocycles. The maximum Gasteiger partial charge on any atom is 0.231 e. The fraction of sp³-hybridized carbons (Fsp3) is 0.520. The Bertz CT molecular complexity index is 942. The number of phenols is 1. The zero-order chi connectivity index (χ0) is 19.4. The number of hydrogen-bond acceptors (Lipinski definition) is 4. The Hall–Kier alpha value is -2.20. The molecule has 0 unspecified atom stereocenters. The van der Waals surface area contributed by atoms with Crippen molar-refractivity contribution in [1.29, 1.82) is 0 Å². The maximum absolute atomic E-state index is 10.2. The van der Waals surface area contributed by atoms with Gasteiger partial charge in [0.1, 0.15) is 5.75 Å². The van der Waals surface area contributed by atoms with E-state index in [1.807, 2.05) is 12.1 Å². The van der Waals surface area contributed by atoms with Gasteiger partial charge in [0, 0.05) is 18.0 Å². The molecule has 0 spiro atoms. The lowest BCUT2D eigenvalue weighted by Gasteiger charge is -2.59. The Kier molecular flexibility index (Phi) is 4.05. The molecular weight excluding hydrogens is 362 g/mol. The van der Waals surface area contributed by atoms with Crippen molar-refractivity contribution in [3.8, 4) is 17.2 Å². The normalized spacial score (nSPS) is 29.9. The highest BCUT2D eigenvalue weighted by atomic mass is 16.7. The second kappa shape index (κ2) is 6.66. The molecular formula is C25H29NO3. The van der Waals surface area contributed by atoms with Gasteiger partial charge in [0.15, 0.2) is 11.5 Å². The zero-order valence-corrected chi connectivity index (χ0v) is 16.9. The quantitative estimate of drug-likeness (QED) is 0.841. The lowest BCUT2D eigenvalue weighted by Crippen LogP contribution is -2.61. The number of fused-ring (bicyclic) bond motifs is 2. The van der Waals surface area contributed by atoms with Crippen LogP contribution in [0.25, 0.3) is 0 Å². The third-order valence-corrected chi connectivity index (χ3v) is 8.06. The van der Waals surface area contributed by atoms with E-state index in [4.69, 9.17) is 9.47 Å². The highest BCUT2D eigenvalue weighted by Gasteiger charge is 2.53. The molecule has 2 aromatic carbocycles. The number of benzene rings is 2. The number of likely N-dealkylation sites (tertiary alicyclic amines) is 1. The predicted octanol–water partition coefficient (Wildman–Crippen LogP) is 4.42. The van der Waals surface area contributed by atoms with Crippen molar-refractivity contribution >= 4 is 0 Å². The molecule has 0 radical (unpaired) electrons. The number of phenolic OH excluding ortho intramolecular Hbond substituents is 1. The summed E-state index contributed by atoms with van der Waals surface area (Å²) in [7, 11) is 0. The highest BCUT2D eigenvalue weighted by Crippen LogP contribution is 2.56. The number of ether oxygens (including phenoxy) is 2. The first-order valence-corrected chi connectivity index (χ1v) is 11.2. The van der Waals surface area contributed by atoms with Crippen molar-refractivity contribution in [3.63, 3.8) is 0 Å². The van der Waals surface area contributed by atoms with E-state index in [1.165, 1.54) is 55.3 Å². The second-order valence-electron chi connectivity index (χ2n) is 9.34. The average molecular weight is 392 g/mol. The Labute approximate surface area is 172 Å². The van der Waals surface area contributed by atoms with Crippen LogP contribution in [-0.2, 0) is 18.3 Å². The van der Waals surface area contributed by atoms with Crippen molar-refractivity contribution < 1.29 is 14.6 Å². The molecule has 2 bridgehead atoms. The minimum absolute atomic E-state index is 0.296. The fourth-order valence-electron chi connectivity index (χ4n) is 6.72. The van der Waals surface area contributed by atoms with Gasteiger partial charge in [-0.2, -0.15) is 0 Å². The Morgan fingerprint density at radius 3 is 2.93 bits per heavy atom. The molecule has 0 amide bonds. The first-order valence-electron chi connectivity index (χ1n) is 11.2. The number of rotatable bonds is 3. The lowest BCUT2D eigenvalue weighted by atomic mass is 9.52. The van der Waals surface area contributed by atoms with Crippen LogP contribution in [-0.4, -0.2) is 35.9 Å². The number of aromatic hydroxyl groups is 1. The molecule has 2 fully saturated rings. The van der Waals surface area contributed by atoms with Gasteiger partial charge in [-0.3, -0.25) is 4.90 Å². The Morgan fingerprint density at radius 1 is 1.03 bits per heavy atom. The summed E-state index contributed by atoms with van der Waals surface area (Å²) in [4.78, 5) is 2.76. The number of piperidine rings is 1. The van der Waals surface area contributed by atoms with E-state index in [0.717, 1.165) is 36.8 Å². The molecule has 2 aliphatic carbocycles. The van der Waals surface area contributed by atoms with Crippen LogP contribution in [0.5, 0.6) is 17.2 Å². The highest BCUT2D eigenvalue weighted by molar-refractivity contribution is 5.46. The molecule has 3 atom stereocenters. The number of hydrogen-bond donors (Lipinski definition) is 1. The van der Waals surface area contributed by atoms with E-state index in [-0.39, 0.29) is 0 Å². The molecule has 4 nitrogen and oxygen atoms in total. The van der Waals surface area contributed by atoms with E-state index in [0.29, 0.717) is 24.0 Å². The van der Waals surface area contributed by atoms with Gasteiger partial charge < -0.3 is 14.6 Å². The summed E-state index contributed by atoms with van der Waals surface area (Å²) in [6.07, 6.45) is 8.72. The molecule has 6 rings (SSSR count). The molecule has 1 saturated carbocycles. The summed E-state index contributed by atoms with van der Waals surface area (Å²) in [5, 5.41) is 10.2. The molecule has 1 N–H and O–H groups in total. The van der Waals surface area contributed by atoms with E-state index >= 15 is 0 Å². The lowest BCUT2D eigenvalue weighted by molar-refractivity contribution is -0.0106. The minimum atomic E-state index is 0.296. The van der Waals surface area contributed by atoms with Crippen molar-refractivity contribution in [2.45, 2.75) is 56.4 Å². The summed E-state index contributed by atoms with van der Waals surface area (Å²) < 4.78 is 11.0. The molecule has 2 aromatic rings. The van der Waals surface area contributed by atoms with Crippen LogP contribution in [0.1, 0.15) is 48.8 Å². The van der Waals surface area contributed by atoms with Crippen LogP contribution in [0.3, 0.4) is 0 Å². The van der Waals surface area contributed by atoms with Gasteiger partial charge in [-0.1, -0.05) is 25.0 Å². The van der Waals surface area contributed by atoms with Crippen LogP contribution in [0, 0.1) is 5.92 Å². The van der Waals surface area contributed by atoms with E-state index in [1.54, 1.807) is 0 Å². The van der Waals surface area contributed by atoms with Crippen LogP contribution in [0.4, 0.5) is 0 Å². The van der Waals surface area contributed by atoms with Gasteiger partial charge in [-0.15, -0.1) is 0 Å². The number of nitrogens with zero attached hydrogens (tertiary/aromatic N) is 1. The standard InChI is InChI=1S/C25H29NO3/c27-19-6-5-18-14-22-20-3-1-2-9-25(20,21(18)15-19)10-12-26(22)11-8-17-4-7-23-24(13-17)29-16-28-23/h4-7,13,15,20,22,27H,1-3,8-12,14,16H2/t20-,22-,25+/m0/s1. The van der Waals surface area contributed by atoms with Crippen molar-refractivity contribution in [1.82, 2.24) is 4.90 Å². The van der Waals surface area contributed by atoms with Gasteiger partial charge in [0.05, 0.1) is 0 Å². The van der Waals surface area contributed by atoms with E-state index < -0.39 is 0 Å². The first-order chi connectivity index (χ1) is 14.2. The second-order valence-corrected chi connectivity index (χ2v) is 9.34. The predicted molar refractivity (Wildman–Crippen MR) is 112 cm³/mol. The third-order valence-electron chi connectivity index (χ3n) is 8.06. The van der Waals surface area contributed by atoms with Gasteiger partial charge in [-0.05, 0) is 85.5 Å². The van der Waals surface area contributed by atoms with Gasteiger partial charge in [-0.25, -0.2) is 0 Å². The summed E-state index contributed by atoms with van der Waals surface area (Å²) in [6, 6.07) is 13.2. The van der Waals surface area contributed by atoms with Gasteiger partial charge in [0.2, 0.25) is 6.79 Å². The molecule has 4 aliphatic rings. The smallest absolute Gasteiger partial charge is 0.231 e. The molecule has 4 heteroatoms. The molecule has 0 aromatic heterocycles. The zero-order valence-electron chi connectivity index (χ0n) is 16.9. The van der Waals surface area contributed by atoms with Crippen LogP contribution in [0.15, 0.2) is 36.4 Å². The SMILES string of the molecule is Oc1ccc2c(c1)[C@@]13CCCC[C@H]1[C@H](C2)N(CCc1ccc2c(c1)OCO2)CC3. The summed E-state index contributed by atoms with van der Waals surface area (Å²) in [5.74, 6) is 2.92. The Morgan fingerprint density at radius 2 is 1.97 bits per heavy atom. The van der Waals surface area contributed by atoms with Crippen molar-refractivity contribution in [3.05, 3.63) is 53.1 Å². The van der Waals surface area contributed by atoms with Crippen LogP contribution in [0.2, 0.25) is 0 Å².